The lowest BCUT2D eigenvalue weighted by Crippen LogP contribution is -2.41. The third-order valence-corrected chi connectivity index (χ3v) is 6.17. The Balaban J connectivity index is 2.37. The number of carbonyl (C=O) groups is 1. The normalized spacial score (nSPS) is 11.1. The Labute approximate surface area is 177 Å². The van der Waals surface area contributed by atoms with E-state index in [1.165, 1.54) is 32.4 Å². The van der Waals surface area contributed by atoms with Gasteiger partial charge in [0, 0.05) is 26.3 Å². The molecule has 1 N–H and O–H groups in total. The van der Waals surface area contributed by atoms with E-state index in [1.54, 1.807) is 31.4 Å². The van der Waals surface area contributed by atoms with Crippen molar-refractivity contribution in [3.05, 3.63) is 48.0 Å². The van der Waals surface area contributed by atoms with Crippen LogP contribution in [0.3, 0.4) is 0 Å². The number of sulfonamides is 1. The first-order chi connectivity index (χ1) is 14.3. The predicted molar refractivity (Wildman–Crippen MR) is 115 cm³/mol. The number of ether oxygens (including phenoxy) is 3. The minimum atomic E-state index is -4.04. The molecule has 0 aromatic heterocycles. The Morgan fingerprint density at radius 1 is 1.00 bits per heavy atom. The highest BCUT2D eigenvalue weighted by molar-refractivity contribution is 7.92. The highest BCUT2D eigenvalue weighted by atomic mass is 32.2. The summed E-state index contributed by atoms with van der Waals surface area (Å²) in [6, 6.07) is 11.3. The van der Waals surface area contributed by atoms with Gasteiger partial charge in [0.1, 0.15) is 6.54 Å². The molecule has 0 bridgehead atoms. The highest BCUT2D eigenvalue weighted by Gasteiger charge is 2.28. The van der Waals surface area contributed by atoms with Crippen LogP contribution in [-0.2, 0) is 19.6 Å². The molecule has 0 spiro atoms. The van der Waals surface area contributed by atoms with E-state index in [0.717, 1.165) is 9.87 Å². The number of anilines is 1. The number of hydrogen-bond donors (Lipinski definition) is 1. The summed E-state index contributed by atoms with van der Waals surface area (Å²) in [5.74, 6) is 0.288. The molecular weight excluding hydrogens is 408 g/mol. The molecule has 0 aliphatic rings. The molecule has 30 heavy (non-hydrogen) atoms. The average molecular weight is 437 g/mol. The van der Waals surface area contributed by atoms with Crippen molar-refractivity contribution in [2.75, 3.05) is 45.3 Å². The summed E-state index contributed by atoms with van der Waals surface area (Å²) in [5, 5.41) is 2.72. The molecular formula is C21H28N2O6S. The van der Waals surface area contributed by atoms with Crippen LogP contribution < -0.4 is 19.1 Å². The van der Waals surface area contributed by atoms with Crippen LogP contribution in [0, 0.1) is 6.92 Å². The Bertz CT molecular complexity index is 944. The zero-order chi connectivity index (χ0) is 22.1. The van der Waals surface area contributed by atoms with Crippen molar-refractivity contribution in [2.45, 2.75) is 18.2 Å². The number of amides is 1. The van der Waals surface area contributed by atoms with Crippen LogP contribution in [0.2, 0.25) is 0 Å². The number of hydrogen-bond acceptors (Lipinski definition) is 6. The molecule has 2 aromatic rings. The zero-order valence-corrected chi connectivity index (χ0v) is 18.5. The van der Waals surface area contributed by atoms with Gasteiger partial charge in [-0.3, -0.25) is 9.10 Å². The first kappa shape index (κ1) is 23.5. The summed E-state index contributed by atoms with van der Waals surface area (Å²) in [6.07, 6.45) is 0.634. The van der Waals surface area contributed by atoms with Gasteiger partial charge in [-0.15, -0.1) is 0 Å². The van der Waals surface area contributed by atoms with Crippen molar-refractivity contribution in [3.63, 3.8) is 0 Å². The molecule has 0 aliphatic heterocycles. The second kappa shape index (κ2) is 10.8. The minimum absolute atomic E-state index is 0.00657. The van der Waals surface area contributed by atoms with Crippen molar-refractivity contribution in [1.29, 1.82) is 0 Å². The van der Waals surface area contributed by atoms with Crippen LogP contribution in [-0.4, -0.2) is 55.4 Å². The smallest absolute Gasteiger partial charge is 0.264 e. The fourth-order valence-corrected chi connectivity index (χ4v) is 4.20. The molecule has 0 heterocycles. The number of nitrogens with zero attached hydrogens (tertiary/aromatic N) is 1. The van der Waals surface area contributed by atoms with Crippen LogP contribution in [0.25, 0.3) is 0 Å². The molecule has 2 aromatic carbocycles. The lowest BCUT2D eigenvalue weighted by atomic mass is 10.2. The van der Waals surface area contributed by atoms with Gasteiger partial charge in [-0.2, -0.15) is 0 Å². The Hall–Kier alpha value is -2.78. The van der Waals surface area contributed by atoms with Gasteiger partial charge < -0.3 is 19.5 Å². The van der Waals surface area contributed by atoms with Crippen molar-refractivity contribution < 1.29 is 27.4 Å². The Morgan fingerprint density at radius 2 is 1.67 bits per heavy atom. The fourth-order valence-electron chi connectivity index (χ4n) is 2.76. The van der Waals surface area contributed by atoms with Gasteiger partial charge >= 0.3 is 0 Å². The summed E-state index contributed by atoms with van der Waals surface area (Å²) < 4.78 is 43.3. The zero-order valence-electron chi connectivity index (χ0n) is 17.7. The third kappa shape index (κ3) is 5.87. The minimum Gasteiger partial charge on any atom is -0.493 e. The molecule has 2 rings (SSSR count). The van der Waals surface area contributed by atoms with E-state index in [-0.39, 0.29) is 17.2 Å². The standard InChI is InChI=1S/C21H28N2O6S/c1-16-6-8-17(9-7-16)23(15-21(24)22-12-5-13-27-2)30(25,26)18-10-11-19(28-3)20(14-18)29-4/h6-11,14H,5,12-13,15H2,1-4H3,(H,22,24). The molecule has 0 aliphatic carbocycles. The first-order valence-electron chi connectivity index (χ1n) is 9.40. The van der Waals surface area contributed by atoms with Crippen molar-refractivity contribution in [2.24, 2.45) is 0 Å². The maximum absolute atomic E-state index is 13.4. The molecule has 0 radical (unpaired) electrons. The number of rotatable bonds is 11. The van der Waals surface area contributed by atoms with Gasteiger partial charge in [-0.25, -0.2) is 8.42 Å². The van der Waals surface area contributed by atoms with Crippen molar-refractivity contribution >= 4 is 21.6 Å². The van der Waals surface area contributed by atoms with E-state index in [1.807, 2.05) is 6.92 Å². The fraction of sp³-hybridized carbons (Fsp3) is 0.381. The second-order valence-electron chi connectivity index (χ2n) is 6.56. The van der Waals surface area contributed by atoms with E-state index < -0.39 is 15.9 Å². The van der Waals surface area contributed by atoms with Crippen LogP contribution >= 0.6 is 0 Å². The molecule has 0 fully saturated rings. The lowest BCUT2D eigenvalue weighted by Gasteiger charge is -2.24. The van der Waals surface area contributed by atoms with E-state index in [2.05, 4.69) is 5.32 Å². The molecule has 0 unspecified atom stereocenters. The number of benzene rings is 2. The van der Waals surface area contributed by atoms with Gasteiger partial charge in [0.2, 0.25) is 5.91 Å². The number of methoxy groups -OCH3 is 3. The van der Waals surface area contributed by atoms with Gasteiger partial charge in [-0.1, -0.05) is 17.7 Å². The second-order valence-corrected chi connectivity index (χ2v) is 8.42. The number of carbonyl (C=O) groups excluding carboxylic acids is 1. The predicted octanol–water partition coefficient (Wildman–Crippen LogP) is 2.36. The topological polar surface area (TPSA) is 94.2 Å². The summed E-state index contributed by atoms with van der Waals surface area (Å²) >= 11 is 0. The van der Waals surface area contributed by atoms with Crippen molar-refractivity contribution in [3.8, 4) is 11.5 Å². The van der Waals surface area contributed by atoms with Gasteiger partial charge in [0.25, 0.3) is 10.0 Å². The molecule has 0 saturated carbocycles. The monoisotopic (exact) mass is 436 g/mol. The lowest BCUT2D eigenvalue weighted by molar-refractivity contribution is -0.119. The van der Waals surface area contributed by atoms with Gasteiger partial charge in [0.05, 0.1) is 24.8 Å². The molecule has 1 amide bonds. The first-order valence-corrected chi connectivity index (χ1v) is 10.8. The summed E-state index contributed by atoms with van der Waals surface area (Å²) in [5.41, 5.74) is 1.37. The SMILES string of the molecule is COCCCNC(=O)CN(c1ccc(C)cc1)S(=O)(=O)c1ccc(OC)c(OC)c1. The maximum atomic E-state index is 13.4. The molecule has 0 atom stereocenters. The van der Waals surface area contributed by atoms with Gasteiger partial charge in [-0.05, 0) is 37.6 Å². The van der Waals surface area contributed by atoms with E-state index in [4.69, 9.17) is 14.2 Å². The number of nitrogens with one attached hydrogen (secondary N) is 1. The highest BCUT2D eigenvalue weighted by Crippen LogP contribution is 2.32. The Morgan fingerprint density at radius 3 is 2.27 bits per heavy atom. The van der Waals surface area contributed by atoms with E-state index >= 15 is 0 Å². The molecule has 164 valence electrons. The largest absolute Gasteiger partial charge is 0.493 e. The van der Waals surface area contributed by atoms with Gasteiger partial charge in [0.15, 0.2) is 11.5 Å². The third-order valence-electron chi connectivity index (χ3n) is 4.40. The number of aryl methyl sites for hydroxylation is 1. The summed E-state index contributed by atoms with van der Waals surface area (Å²) in [6.45, 7) is 2.45. The summed E-state index contributed by atoms with van der Waals surface area (Å²) in [7, 11) is 0.438. The maximum Gasteiger partial charge on any atom is 0.264 e. The quantitative estimate of drug-likeness (QED) is 0.544. The molecule has 0 saturated heterocycles. The average Bonchev–Trinajstić information content (AvgIpc) is 2.75. The van der Waals surface area contributed by atoms with Crippen LogP contribution in [0.15, 0.2) is 47.4 Å². The molecule has 9 heteroatoms. The summed E-state index contributed by atoms with van der Waals surface area (Å²) in [4.78, 5) is 12.4. The van der Waals surface area contributed by atoms with Crippen molar-refractivity contribution in [1.82, 2.24) is 5.32 Å². The van der Waals surface area contributed by atoms with E-state index in [9.17, 15) is 13.2 Å². The van der Waals surface area contributed by atoms with Crippen LogP contribution in [0.5, 0.6) is 11.5 Å². The van der Waals surface area contributed by atoms with E-state index in [0.29, 0.717) is 31.0 Å². The van der Waals surface area contributed by atoms with Crippen LogP contribution in [0.4, 0.5) is 5.69 Å². The Kier molecular flexibility index (Phi) is 8.49. The molecule has 8 nitrogen and oxygen atoms in total. The van der Waals surface area contributed by atoms with Crippen LogP contribution in [0.1, 0.15) is 12.0 Å².